The molecule has 2 fully saturated rings. The number of hydrogen-bond acceptors (Lipinski definition) is 8. The summed E-state index contributed by atoms with van der Waals surface area (Å²) < 4.78 is 18.4. The van der Waals surface area contributed by atoms with Crippen molar-refractivity contribution in [3.8, 4) is 0 Å². The average molecular weight is 531 g/mol. The molecule has 1 saturated carbocycles. The van der Waals surface area contributed by atoms with Crippen LogP contribution in [0.15, 0.2) is 34.6 Å². The predicted octanol–water partition coefficient (Wildman–Crippen LogP) is 3.74. The molecule has 2 aliphatic carbocycles. The Kier molecular flexibility index (Phi) is 7.34. The number of allylic oxidation sites excluding steroid dienone is 3. The zero-order chi connectivity index (χ0) is 28.4. The normalized spacial score (nSPS) is 37.3. The topological polar surface area (TPSA) is 119 Å². The number of carbonyl (C=O) groups is 3. The van der Waals surface area contributed by atoms with E-state index in [4.69, 9.17) is 14.2 Å². The Morgan fingerprint density at radius 2 is 1.87 bits per heavy atom. The number of rotatable bonds is 5. The van der Waals surface area contributed by atoms with Gasteiger partial charge in [-0.05, 0) is 72.0 Å². The first-order chi connectivity index (χ1) is 17.5. The number of ether oxygens (including phenoxy) is 3. The summed E-state index contributed by atoms with van der Waals surface area (Å²) in [6, 6.07) is 0. The van der Waals surface area contributed by atoms with Gasteiger partial charge in [0.2, 0.25) is 5.78 Å². The Labute approximate surface area is 225 Å². The molecule has 8 heteroatoms. The largest absolute Gasteiger partial charge is 0.482 e. The van der Waals surface area contributed by atoms with Crippen molar-refractivity contribution >= 4 is 17.5 Å². The first-order valence-electron chi connectivity index (χ1n) is 13.6. The molecule has 0 aromatic rings. The third kappa shape index (κ3) is 4.58. The molecule has 8 nitrogen and oxygen atoms in total. The van der Waals surface area contributed by atoms with Gasteiger partial charge in [0.05, 0.1) is 29.5 Å². The third-order valence-electron chi connectivity index (χ3n) is 9.42. The summed E-state index contributed by atoms with van der Waals surface area (Å²) in [5.74, 6) is -2.57. The van der Waals surface area contributed by atoms with E-state index >= 15 is 0 Å². The van der Waals surface area contributed by atoms with Crippen LogP contribution in [0.4, 0.5) is 0 Å². The summed E-state index contributed by atoms with van der Waals surface area (Å²) in [6.07, 6.45) is 3.07. The molecular weight excluding hydrogens is 488 g/mol. The standard InChI is InChI=1S/C30H42O8/c1-9-15(2)25(36-17(4)31)16(3)18-14-19(32)22-24(34)27-29(7)12-10-20(28(5,6)35)37-21(29)11-13-30(27,8)38-26(22)23(18)33/h9,14,16,20-21,24-25,27,34-35H,10-13H2,1-8H3/b15-9+/t16-,20?,21?,24+,25+,27?,29-,30+/m0/s1. The van der Waals surface area contributed by atoms with E-state index in [-0.39, 0.29) is 29.1 Å². The Morgan fingerprint density at radius 3 is 2.45 bits per heavy atom. The number of aliphatic hydroxyl groups excluding tert-OH is 1. The summed E-state index contributed by atoms with van der Waals surface area (Å²) in [7, 11) is 0. The highest BCUT2D eigenvalue weighted by atomic mass is 16.5. The SMILES string of the molecule is C/C=C(\C)[C@@H](OC(C)=O)[C@@H](C)C1=CC(=O)C2=C(O[C@]3(C)CCC4OC(C(C)(C)O)CC[C@]4(C)C3[C@@H]2O)C1=O. The van der Waals surface area contributed by atoms with E-state index in [1.54, 1.807) is 20.8 Å². The third-order valence-corrected chi connectivity index (χ3v) is 9.42. The highest BCUT2D eigenvalue weighted by Gasteiger charge is 2.64. The van der Waals surface area contributed by atoms with Crippen LogP contribution in [0.2, 0.25) is 0 Å². The molecule has 0 amide bonds. The summed E-state index contributed by atoms with van der Waals surface area (Å²) in [6.45, 7) is 14.1. The van der Waals surface area contributed by atoms with Gasteiger partial charge in [-0.1, -0.05) is 19.9 Å². The van der Waals surface area contributed by atoms with E-state index < -0.39 is 58.2 Å². The number of esters is 1. The van der Waals surface area contributed by atoms with Gasteiger partial charge in [-0.3, -0.25) is 14.4 Å². The number of fused-ring (bicyclic) bond motifs is 3. The molecule has 0 radical (unpaired) electrons. The van der Waals surface area contributed by atoms with Crippen LogP contribution in [0.25, 0.3) is 0 Å². The highest BCUT2D eigenvalue weighted by molar-refractivity contribution is 6.22. The Bertz CT molecular complexity index is 1120. The van der Waals surface area contributed by atoms with Crippen LogP contribution < -0.4 is 0 Å². The van der Waals surface area contributed by atoms with Crippen LogP contribution in [0, 0.1) is 17.3 Å². The van der Waals surface area contributed by atoms with Crippen LogP contribution in [0.5, 0.6) is 0 Å². The van der Waals surface area contributed by atoms with E-state index in [9.17, 15) is 24.6 Å². The first-order valence-corrected chi connectivity index (χ1v) is 13.6. The Morgan fingerprint density at radius 1 is 1.21 bits per heavy atom. The van der Waals surface area contributed by atoms with Crippen LogP contribution in [-0.4, -0.2) is 63.4 Å². The van der Waals surface area contributed by atoms with Crippen molar-refractivity contribution in [1.29, 1.82) is 0 Å². The van der Waals surface area contributed by atoms with Gasteiger partial charge in [0.1, 0.15) is 11.7 Å². The summed E-state index contributed by atoms with van der Waals surface area (Å²) >= 11 is 0. The van der Waals surface area contributed by atoms with Gasteiger partial charge >= 0.3 is 5.97 Å². The second-order valence-electron chi connectivity index (χ2n) is 12.6. The molecule has 3 unspecified atom stereocenters. The maximum Gasteiger partial charge on any atom is 0.303 e. The van der Waals surface area contributed by atoms with Gasteiger partial charge in [-0.2, -0.15) is 0 Å². The molecule has 0 bridgehead atoms. The number of ketones is 2. The number of hydrogen-bond donors (Lipinski definition) is 2. The zero-order valence-electron chi connectivity index (χ0n) is 23.8. The van der Waals surface area contributed by atoms with E-state index in [0.29, 0.717) is 25.7 Å². The van der Waals surface area contributed by atoms with E-state index in [1.165, 1.54) is 13.0 Å². The lowest BCUT2D eigenvalue weighted by Gasteiger charge is -2.61. The molecule has 2 heterocycles. The molecule has 1 saturated heterocycles. The fourth-order valence-electron chi connectivity index (χ4n) is 7.24. The predicted molar refractivity (Wildman–Crippen MR) is 140 cm³/mol. The Balaban J connectivity index is 1.68. The van der Waals surface area contributed by atoms with Crippen molar-refractivity contribution in [2.24, 2.45) is 17.3 Å². The van der Waals surface area contributed by atoms with Gasteiger partial charge in [0, 0.05) is 29.7 Å². The summed E-state index contributed by atoms with van der Waals surface area (Å²) in [4.78, 5) is 39.1. The van der Waals surface area contributed by atoms with Gasteiger partial charge in [-0.15, -0.1) is 0 Å². The van der Waals surface area contributed by atoms with Crippen molar-refractivity contribution in [1.82, 2.24) is 0 Å². The minimum Gasteiger partial charge on any atom is -0.482 e. The van der Waals surface area contributed by atoms with Crippen LogP contribution in [0.3, 0.4) is 0 Å². The minimum absolute atomic E-state index is 0.00768. The van der Waals surface area contributed by atoms with Gasteiger partial charge in [0.25, 0.3) is 0 Å². The van der Waals surface area contributed by atoms with E-state index in [0.717, 1.165) is 5.57 Å². The van der Waals surface area contributed by atoms with Crippen molar-refractivity contribution < 1.29 is 38.8 Å². The van der Waals surface area contributed by atoms with Gasteiger partial charge in [-0.25, -0.2) is 0 Å². The lowest BCUT2D eigenvalue weighted by atomic mass is 9.52. The molecule has 210 valence electrons. The number of Topliss-reactive ketones (excluding diaryl/α,β-unsaturated/α-hetero) is 1. The van der Waals surface area contributed by atoms with Crippen molar-refractivity contribution in [3.63, 3.8) is 0 Å². The molecule has 38 heavy (non-hydrogen) atoms. The van der Waals surface area contributed by atoms with Crippen molar-refractivity contribution in [2.45, 2.75) is 117 Å². The molecule has 2 aliphatic heterocycles. The first kappa shape index (κ1) is 28.7. The molecule has 0 aromatic carbocycles. The minimum atomic E-state index is -1.20. The molecule has 2 N–H and O–H groups in total. The van der Waals surface area contributed by atoms with Gasteiger partial charge in [0.15, 0.2) is 11.5 Å². The van der Waals surface area contributed by atoms with E-state index in [1.807, 2.05) is 26.8 Å². The summed E-state index contributed by atoms with van der Waals surface area (Å²) in [5, 5.41) is 22.3. The number of aliphatic hydroxyl groups is 2. The fraction of sp³-hybridized carbons (Fsp3) is 0.700. The molecular formula is C30H42O8. The quantitative estimate of drug-likeness (QED) is 0.314. The summed E-state index contributed by atoms with van der Waals surface area (Å²) in [5.41, 5.74) is -1.44. The molecule has 4 rings (SSSR count). The lowest BCUT2D eigenvalue weighted by molar-refractivity contribution is -0.260. The maximum absolute atomic E-state index is 13.8. The van der Waals surface area contributed by atoms with Gasteiger partial charge < -0.3 is 24.4 Å². The van der Waals surface area contributed by atoms with Crippen LogP contribution in [-0.2, 0) is 28.6 Å². The van der Waals surface area contributed by atoms with Crippen molar-refractivity contribution in [3.05, 3.63) is 34.6 Å². The average Bonchev–Trinajstić information content (AvgIpc) is 2.81. The zero-order valence-corrected chi connectivity index (χ0v) is 23.8. The highest BCUT2D eigenvalue weighted by Crippen LogP contribution is 2.59. The fourth-order valence-corrected chi connectivity index (χ4v) is 7.24. The van der Waals surface area contributed by atoms with Crippen molar-refractivity contribution in [2.75, 3.05) is 0 Å². The van der Waals surface area contributed by atoms with Crippen LogP contribution in [0.1, 0.15) is 81.1 Å². The second kappa shape index (κ2) is 9.72. The smallest absolute Gasteiger partial charge is 0.303 e. The molecule has 4 aliphatic rings. The van der Waals surface area contributed by atoms with E-state index in [2.05, 4.69) is 6.92 Å². The lowest BCUT2D eigenvalue weighted by Crippen LogP contribution is -2.66. The number of carbonyl (C=O) groups excluding carboxylic acids is 3. The second-order valence-corrected chi connectivity index (χ2v) is 12.6. The molecule has 0 aromatic heterocycles. The maximum atomic E-state index is 13.8. The molecule has 8 atom stereocenters. The monoisotopic (exact) mass is 530 g/mol. The Hall–Kier alpha value is -2.29. The van der Waals surface area contributed by atoms with Crippen LogP contribution >= 0.6 is 0 Å². The molecule has 0 spiro atoms.